The molecule has 9 heteroatoms. The summed E-state index contributed by atoms with van der Waals surface area (Å²) in [5.41, 5.74) is 1.38. The summed E-state index contributed by atoms with van der Waals surface area (Å²) in [4.78, 5) is 34.0. The first-order valence-electron chi connectivity index (χ1n) is 11.3. The number of benzene rings is 2. The molecule has 34 heavy (non-hydrogen) atoms. The van der Waals surface area contributed by atoms with E-state index in [1.807, 2.05) is 30.3 Å². The van der Waals surface area contributed by atoms with Crippen LogP contribution in [0.3, 0.4) is 0 Å². The van der Waals surface area contributed by atoms with E-state index < -0.39 is 11.9 Å². The molecule has 3 heterocycles. The van der Waals surface area contributed by atoms with Crippen LogP contribution in [0.1, 0.15) is 12.6 Å². The number of anilines is 2. The van der Waals surface area contributed by atoms with Crippen molar-refractivity contribution in [3.8, 4) is 17.2 Å². The average Bonchev–Trinajstić information content (AvgIpc) is 3.00. The van der Waals surface area contributed by atoms with E-state index in [1.54, 1.807) is 19.2 Å². The molecule has 0 aliphatic carbocycles. The van der Waals surface area contributed by atoms with Gasteiger partial charge in [0.1, 0.15) is 23.0 Å². The lowest BCUT2D eigenvalue weighted by molar-refractivity contribution is -0.155. The number of piperazine rings is 1. The monoisotopic (exact) mass is 462 g/mol. The highest BCUT2D eigenvalue weighted by Gasteiger charge is 2.31. The van der Waals surface area contributed by atoms with Gasteiger partial charge >= 0.3 is 11.9 Å². The van der Waals surface area contributed by atoms with E-state index in [-0.39, 0.29) is 12.3 Å². The molecule has 1 fully saturated rings. The number of esters is 2. The molecule has 0 radical (unpaired) electrons. The molecule has 0 bridgehead atoms. The fourth-order valence-electron chi connectivity index (χ4n) is 4.34. The first-order chi connectivity index (χ1) is 16.6. The van der Waals surface area contributed by atoms with Gasteiger partial charge in [0.25, 0.3) is 0 Å². The van der Waals surface area contributed by atoms with Crippen molar-refractivity contribution < 1.29 is 23.8 Å². The summed E-state index contributed by atoms with van der Waals surface area (Å²) < 4.78 is 16.1. The van der Waals surface area contributed by atoms with Crippen LogP contribution in [0.5, 0.6) is 17.2 Å². The quantitative estimate of drug-likeness (QED) is 0.337. The predicted octanol–water partition coefficient (Wildman–Crippen LogP) is 2.82. The van der Waals surface area contributed by atoms with E-state index in [4.69, 9.17) is 19.2 Å². The lowest BCUT2D eigenvalue weighted by atomic mass is 10.1. The Balaban J connectivity index is 1.58. The zero-order chi connectivity index (χ0) is 23.7. The predicted molar refractivity (Wildman–Crippen MR) is 128 cm³/mol. The highest BCUT2D eigenvalue weighted by atomic mass is 16.6. The first-order valence-corrected chi connectivity index (χ1v) is 11.3. The second-order valence-electron chi connectivity index (χ2n) is 8.17. The number of hydrogen-bond donors (Lipinski definition) is 1. The number of nitrogens with one attached hydrogen (secondary N) is 1. The highest BCUT2D eigenvalue weighted by Crippen LogP contribution is 2.42. The van der Waals surface area contributed by atoms with Gasteiger partial charge in [0, 0.05) is 37.3 Å². The van der Waals surface area contributed by atoms with Gasteiger partial charge in [-0.15, -0.1) is 0 Å². The molecule has 176 valence electrons. The number of hydrogen-bond acceptors (Lipinski definition) is 9. The van der Waals surface area contributed by atoms with Crippen LogP contribution in [0.4, 0.5) is 11.5 Å². The molecule has 0 unspecified atom stereocenters. The van der Waals surface area contributed by atoms with E-state index in [0.29, 0.717) is 16.8 Å². The summed E-state index contributed by atoms with van der Waals surface area (Å²) in [6.45, 7) is 6.97. The maximum absolute atomic E-state index is 12.3. The van der Waals surface area contributed by atoms with E-state index in [9.17, 15) is 9.59 Å². The maximum atomic E-state index is 12.3. The zero-order valence-corrected chi connectivity index (χ0v) is 19.2. The van der Waals surface area contributed by atoms with Crippen molar-refractivity contribution >= 4 is 34.2 Å². The minimum atomic E-state index is -1.06. The molecule has 0 amide bonds. The van der Waals surface area contributed by atoms with Crippen molar-refractivity contribution in [3.05, 3.63) is 48.2 Å². The van der Waals surface area contributed by atoms with Crippen LogP contribution in [-0.4, -0.2) is 61.7 Å². The van der Waals surface area contributed by atoms with Crippen molar-refractivity contribution in [1.29, 1.82) is 0 Å². The Morgan fingerprint density at radius 2 is 1.74 bits per heavy atom. The molecular formula is C25H26N4O5. The van der Waals surface area contributed by atoms with Gasteiger partial charge in [0.2, 0.25) is 0 Å². The van der Waals surface area contributed by atoms with Crippen LogP contribution < -0.4 is 24.4 Å². The number of methoxy groups -OCH3 is 1. The largest absolute Gasteiger partial charge is 0.497 e. The zero-order valence-electron chi connectivity index (χ0n) is 19.2. The van der Waals surface area contributed by atoms with Gasteiger partial charge in [-0.25, -0.2) is 14.6 Å². The molecule has 9 nitrogen and oxygen atoms in total. The topological polar surface area (TPSA) is 93.2 Å². The van der Waals surface area contributed by atoms with Crippen molar-refractivity contribution in [2.45, 2.75) is 13.5 Å². The molecule has 2 aliphatic rings. The summed E-state index contributed by atoms with van der Waals surface area (Å²) in [6, 6.07) is 12.9. The number of carbonyl (C=O) groups excluding carboxylic acids is 2. The Hall–Kier alpha value is -3.85. The SMILES string of the molecule is CCN1CCN(c2nc(CNc3ccc(OC)cc3)c3c4c(cccc24)OC(=O)C(=O)O3)CC1. The Labute approximate surface area is 197 Å². The second-order valence-corrected chi connectivity index (χ2v) is 8.17. The van der Waals surface area contributed by atoms with Gasteiger partial charge in [0.15, 0.2) is 5.75 Å². The molecule has 3 aromatic rings. The van der Waals surface area contributed by atoms with E-state index in [1.165, 1.54) is 0 Å². The molecule has 5 rings (SSSR count). The number of rotatable bonds is 6. The summed E-state index contributed by atoms with van der Waals surface area (Å²) in [6.07, 6.45) is 0. The normalized spacial score (nSPS) is 16.1. The third kappa shape index (κ3) is 4.10. The molecule has 2 aliphatic heterocycles. The van der Waals surface area contributed by atoms with Gasteiger partial charge in [-0.3, -0.25) is 0 Å². The first kappa shape index (κ1) is 22.0. The van der Waals surface area contributed by atoms with E-state index in [0.717, 1.165) is 55.4 Å². The third-order valence-electron chi connectivity index (χ3n) is 6.23. The molecule has 1 N–H and O–H groups in total. The number of carbonyl (C=O) groups is 2. The highest BCUT2D eigenvalue weighted by molar-refractivity contribution is 6.32. The van der Waals surface area contributed by atoms with Crippen molar-refractivity contribution in [3.63, 3.8) is 0 Å². The number of ether oxygens (including phenoxy) is 3. The molecule has 1 saturated heterocycles. The molecule has 1 aromatic heterocycles. The van der Waals surface area contributed by atoms with Crippen LogP contribution in [0.2, 0.25) is 0 Å². The number of likely N-dealkylation sites (N-methyl/N-ethyl adjacent to an activating group) is 1. The number of aromatic nitrogens is 1. The van der Waals surface area contributed by atoms with Gasteiger partial charge in [-0.2, -0.15) is 0 Å². The minimum Gasteiger partial charge on any atom is -0.497 e. The Bertz CT molecular complexity index is 1240. The summed E-state index contributed by atoms with van der Waals surface area (Å²) in [7, 11) is 1.62. The number of pyridine rings is 1. The lowest BCUT2D eigenvalue weighted by Gasteiger charge is -2.35. The standard InChI is InChI=1S/C25H26N4O5/c1-3-28-11-13-29(14-12-28)23-18-5-4-6-20-21(18)22(34-25(31)24(30)33-20)19(27-23)15-26-16-7-9-17(32-2)10-8-16/h4-10,26H,3,11-15H2,1-2H3. The van der Waals surface area contributed by atoms with Gasteiger partial charge in [-0.05, 0) is 36.9 Å². The van der Waals surface area contributed by atoms with Crippen LogP contribution in [0.25, 0.3) is 10.8 Å². The molecule has 2 aromatic carbocycles. The molecular weight excluding hydrogens is 436 g/mol. The van der Waals surface area contributed by atoms with Gasteiger partial charge in [0.05, 0.1) is 19.0 Å². The van der Waals surface area contributed by atoms with E-state index >= 15 is 0 Å². The fourth-order valence-corrected chi connectivity index (χ4v) is 4.34. The average molecular weight is 463 g/mol. The maximum Gasteiger partial charge on any atom is 0.423 e. The smallest absolute Gasteiger partial charge is 0.423 e. The van der Waals surface area contributed by atoms with Crippen LogP contribution in [-0.2, 0) is 16.1 Å². The van der Waals surface area contributed by atoms with Crippen molar-refractivity contribution in [2.24, 2.45) is 0 Å². The van der Waals surface area contributed by atoms with E-state index in [2.05, 4.69) is 22.0 Å². The summed E-state index contributed by atoms with van der Waals surface area (Å²) in [5, 5.41) is 4.69. The molecule has 0 saturated carbocycles. The van der Waals surface area contributed by atoms with Crippen molar-refractivity contribution in [2.75, 3.05) is 50.1 Å². The summed E-state index contributed by atoms with van der Waals surface area (Å²) >= 11 is 0. The lowest BCUT2D eigenvalue weighted by Crippen LogP contribution is -2.46. The summed E-state index contributed by atoms with van der Waals surface area (Å²) in [5.74, 6) is -0.0194. The van der Waals surface area contributed by atoms with Crippen LogP contribution in [0, 0.1) is 0 Å². The third-order valence-corrected chi connectivity index (χ3v) is 6.23. The van der Waals surface area contributed by atoms with Crippen LogP contribution >= 0.6 is 0 Å². The number of nitrogens with zero attached hydrogens (tertiary/aromatic N) is 3. The Morgan fingerprint density at radius 3 is 2.44 bits per heavy atom. The fraction of sp³-hybridized carbons (Fsp3) is 0.320. The minimum absolute atomic E-state index is 0.249. The van der Waals surface area contributed by atoms with Crippen LogP contribution in [0.15, 0.2) is 42.5 Å². The molecule has 0 atom stereocenters. The molecule has 0 spiro atoms. The van der Waals surface area contributed by atoms with Gasteiger partial charge in [-0.1, -0.05) is 19.1 Å². The Kier molecular flexibility index (Phi) is 5.93. The van der Waals surface area contributed by atoms with Gasteiger partial charge < -0.3 is 29.3 Å². The van der Waals surface area contributed by atoms with Crippen molar-refractivity contribution in [1.82, 2.24) is 9.88 Å². The Morgan fingerprint density at radius 1 is 1.00 bits per heavy atom. The second kappa shape index (κ2) is 9.18.